The number of rotatable bonds is 9. The average Bonchev–Trinajstić information content (AvgIpc) is 3.23. The largest absolute Gasteiger partial charge is 0.382 e. The third-order valence-corrected chi connectivity index (χ3v) is 10.2. The summed E-state index contributed by atoms with van der Waals surface area (Å²) in [5.74, 6) is 1.59. The molecule has 3 heterocycles. The number of nitrogens with two attached hydrogens (primary N) is 1. The molecule has 1 aromatic carbocycles. The number of pyridine rings is 1. The van der Waals surface area contributed by atoms with Crippen molar-refractivity contribution in [1.82, 2.24) is 18.8 Å². The number of imidazole rings is 1. The van der Waals surface area contributed by atoms with Crippen LogP contribution in [0, 0.1) is 19.8 Å². The summed E-state index contributed by atoms with van der Waals surface area (Å²) >= 11 is 0. The molecule has 0 radical (unpaired) electrons. The molecule has 1 aliphatic rings. The van der Waals surface area contributed by atoms with E-state index in [2.05, 4.69) is 9.55 Å². The van der Waals surface area contributed by atoms with E-state index < -0.39 is 19.9 Å². The Hall–Kier alpha value is -2.54. The number of piperidine rings is 1. The quantitative estimate of drug-likeness (QED) is 0.430. The van der Waals surface area contributed by atoms with Crippen LogP contribution < -0.4 is 5.73 Å². The average molecular weight is 550 g/mol. The SMILES string of the molecule is CCOCc1nc2c(N)nc(C)c(C)c2n1CCC1CCN(S(=O)(=O)c2ccc(S(C)(=O)=O)cc2)CC1. The van der Waals surface area contributed by atoms with E-state index in [1.807, 2.05) is 20.8 Å². The molecule has 2 N–H and O–H groups in total. The van der Waals surface area contributed by atoms with Crippen LogP contribution in [-0.2, 0) is 37.7 Å². The Kier molecular flexibility index (Phi) is 7.93. The summed E-state index contributed by atoms with van der Waals surface area (Å²) in [5, 5.41) is 0. The van der Waals surface area contributed by atoms with Crippen LogP contribution in [0.15, 0.2) is 34.1 Å². The third-order valence-electron chi connectivity index (χ3n) is 7.13. The number of fused-ring (bicyclic) bond motifs is 1. The van der Waals surface area contributed by atoms with Crippen molar-refractivity contribution in [3.63, 3.8) is 0 Å². The van der Waals surface area contributed by atoms with Crippen molar-refractivity contribution in [3.8, 4) is 0 Å². The molecule has 0 spiro atoms. The second-order valence-electron chi connectivity index (χ2n) is 9.60. The summed E-state index contributed by atoms with van der Waals surface area (Å²) in [6, 6.07) is 5.42. The molecule has 1 fully saturated rings. The van der Waals surface area contributed by atoms with Crippen molar-refractivity contribution >= 4 is 36.7 Å². The fraction of sp³-hybridized carbons (Fsp3) is 0.520. The summed E-state index contributed by atoms with van der Waals surface area (Å²) < 4.78 is 59.0. The van der Waals surface area contributed by atoms with Crippen LogP contribution in [0.3, 0.4) is 0 Å². The normalized spacial score (nSPS) is 16.0. The lowest BCUT2D eigenvalue weighted by Gasteiger charge is -2.31. The van der Waals surface area contributed by atoms with Crippen LogP contribution in [0.5, 0.6) is 0 Å². The smallest absolute Gasteiger partial charge is 0.243 e. The standard InChI is InChI=1S/C25H35N5O5S2/c1-5-35-16-22-28-23-24(17(2)18(3)27-25(23)26)30(22)15-12-19-10-13-29(14-11-19)37(33,34)21-8-6-20(7-9-21)36(4,31)32/h6-9,19H,5,10-16H2,1-4H3,(H2,26,27). The number of benzene rings is 1. The van der Waals surface area contributed by atoms with Crippen LogP contribution in [0.25, 0.3) is 11.0 Å². The van der Waals surface area contributed by atoms with Gasteiger partial charge in [-0.15, -0.1) is 0 Å². The monoisotopic (exact) mass is 549 g/mol. The van der Waals surface area contributed by atoms with E-state index in [1.54, 1.807) is 0 Å². The summed E-state index contributed by atoms with van der Waals surface area (Å²) in [6.45, 7) is 8.46. The minimum Gasteiger partial charge on any atom is -0.382 e. The Morgan fingerprint density at radius 1 is 1.03 bits per heavy atom. The number of anilines is 1. The van der Waals surface area contributed by atoms with Gasteiger partial charge in [0.2, 0.25) is 10.0 Å². The van der Waals surface area contributed by atoms with Crippen LogP contribution in [0.4, 0.5) is 5.82 Å². The molecule has 1 aliphatic heterocycles. The molecular formula is C25H35N5O5S2. The molecule has 4 rings (SSSR count). The lowest BCUT2D eigenvalue weighted by molar-refractivity contribution is 0.125. The first-order chi connectivity index (χ1) is 17.4. The Morgan fingerprint density at radius 2 is 1.65 bits per heavy atom. The molecule has 0 saturated carbocycles. The zero-order valence-corrected chi connectivity index (χ0v) is 23.4. The molecule has 0 bridgehead atoms. The van der Waals surface area contributed by atoms with E-state index in [4.69, 9.17) is 15.5 Å². The van der Waals surface area contributed by atoms with Gasteiger partial charge in [-0.05, 0) is 75.8 Å². The third kappa shape index (κ3) is 5.66. The highest BCUT2D eigenvalue weighted by Crippen LogP contribution is 2.30. The van der Waals surface area contributed by atoms with Gasteiger partial charge >= 0.3 is 0 Å². The molecule has 202 valence electrons. The molecule has 0 unspecified atom stereocenters. The van der Waals surface area contributed by atoms with E-state index in [-0.39, 0.29) is 9.79 Å². The number of aromatic nitrogens is 3. The molecule has 37 heavy (non-hydrogen) atoms. The maximum atomic E-state index is 13.1. The minimum atomic E-state index is -3.68. The van der Waals surface area contributed by atoms with Crippen molar-refractivity contribution in [2.75, 3.05) is 31.7 Å². The van der Waals surface area contributed by atoms with Crippen molar-refractivity contribution in [1.29, 1.82) is 0 Å². The molecule has 0 aliphatic carbocycles. The number of hydrogen-bond acceptors (Lipinski definition) is 8. The van der Waals surface area contributed by atoms with Gasteiger partial charge in [-0.25, -0.2) is 26.8 Å². The topological polar surface area (TPSA) is 137 Å². The van der Waals surface area contributed by atoms with Crippen molar-refractivity contribution in [3.05, 3.63) is 41.3 Å². The number of sulfonamides is 1. The summed E-state index contributed by atoms with van der Waals surface area (Å²) in [5.41, 5.74) is 9.78. The highest BCUT2D eigenvalue weighted by atomic mass is 32.2. The summed E-state index contributed by atoms with van der Waals surface area (Å²) in [7, 11) is -7.07. The highest BCUT2D eigenvalue weighted by Gasteiger charge is 2.30. The van der Waals surface area contributed by atoms with E-state index in [0.717, 1.165) is 54.7 Å². The minimum absolute atomic E-state index is 0.101. The first kappa shape index (κ1) is 27.5. The van der Waals surface area contributed by atoms with Gasteiger partial charge in [0.1, 0.15) is 17.9 Å². The Bertz CT molecular complexity index is 1490. The lowest BCUT2D eigenvalue weighted by atomic mass is 9.94. The van der Waals surface area contributed by atoms with Gasteiger partial charge in [0, 0.05) is 38.2 Å². The maximum Gasteiger partial charge on any atom is 0.243 e. The van der Waals surface area contributed by atoms with E-state index >= 15 is 0 Å². The van der Waals surface area contributed by atoms with E-state index in [9.17, 15) is 16.8 Å². The molecule has 3 aromatic rings. The van der Waals surface area contributed by atoms with Crippen LogP contribution in [-0.4, -0.2) is 61.6 Å². The van der Waals surface area contributed by atoms with Crippen LogP contribution in [0.2, 0.25) is 0 Å². The zero-order valence-electron chi connectivity index (χ0n) is 21.8. The number of ether oxygens (including phenoxy) is 1. The number of aryl methyl sites for hydroxylation is 3. The lowest BCUT2D eigenvalue weighted by Crippen LogP contribution is -2.38. The summed E-state index contributed by atoms with van der Waals surface area (Å²) in [6.07, 6.45) is 3.47. The zero-order chi connectivity index (χ0) is 27.0. The predicted molar refractivity (Wildman–Crippen MR) is 142 cm³/mol. The molecule has 1 saturated heterocycles. The van der Waals surface area contributed by atoms with Crippen LogP contribution in [0.1, 0.15) is 43.3 Å². The number of sulfone groups is 1. The Balaban J connectivity index is 1.46. The van der Waals surface area contributed by atoms with Gasteiger partial charge in [0.25, 0.3) is 0 Å². The van der Waals surface area contributed by atoms with E-state index in [1.165, 1.54) is 28.6 Å². The van der Waals surface area contributed by atoms with Crippen molar-refractivity contribution in [2.45, 2.75) is 63.0 Å². The first-order valence-electron chi connectivity index (χ1n) is 12.4. The first-order valence-corrected chi connectivity index (χ1v) is 15.8. The highest BCUT2D eigenvalue weighted by molar-refractivity contribution is 7.90. The molecular weight excluding hydrogens is 514 g/mol. The predicted octanol–water partition coefficient (Wildman–Crippen LogP) is 3.06. The molecule has 12 heteroatoms. The van der Waals surface area contributed by atoms with Gasteiger partial charge in [0.05, 0.1) is 15.3 Å². The van der Waals surface area contributed by atoms with Gasteiger partial charge in [-0.1, -0.05) is 0 Å². The number of nitrogen functional groups attached to an aromatic ring is 1. The Labute approximate surface area is 218 Å². The second-order valence-corrected chi connectivity index (χ2v) is 13.6. The van der Waals surface area contributed by atoms with Gasteiger partial charge in [-0.3, -0.25) is 0 Å². The van der Waals surface area contributed by atoms with Crippen molar-refractivity contribution in [2.24, 2.45) is 5.92 Å². The number of nitrogens with zero attached hydrogens (tertiary/aromatic N) is 4. The van der Waals surface area contributed by atoms with Crippen molar-refractivity contribution < 1.29 is 21.6 Å². The second kappa shape index (κ2) is 10.7. The molecule has 10 nitrogen and oxygen atoms in total. The number of hydrogen-bond donors (Lipinski definition) is 1. The van der Waals surface area contributed by atoms with E-state index in [0.29, 0.717) is 43.6 Å². The van der Waals surface area contributed by atoms with Gasteiger partial charge < -0.3 is 15.0 Å². The molecule has 0 atom stereocenters. The van der Waals surface area contributed by atoms with Crippen LogP contribution >= 0.6 is 0 Å². The fourth-order valence-electron chi connectivity index (χ4n) is 4.85. The van der Waals surface area contributed by atoms with Gasteiger partial charge in [0.15, 0.2) is 15.7 Å². The molecule has 0 amide bonds. The summed E-state index contributed by atoms with van der Waals surface area (Å²) in [4.78, 5) is 9.38. The van der Waals surface area contributed by atoms with Gasteiger partial charge in [-0.2, -0.15) is 4.31 Å². The molecule has 2 aromatic heterocycles. The fourth-order valence-corrected chi connectivity index (χ4v) is 6.95. The maximum absolute atomic E-state index is 13.1. The Morgan fingerprint density at radius 3 is 2.24 bits per heavy atom.